The number of hydrogen-bond donors (Lipinski definition) is 0. The molecule has 0 radical (unpaired) electrons. The maximum atomic E-state index is 12.2. The third-order valence-corrected chi connectivity index (χ3v) is 4.04. The van der Waals surface area contributed by atoms with Crippen LogP contribution in [0.2, 0.25) is 0 Å². The first kappa shape index (κ1) is 17.1. The summed E-state index contributed by atoms with van der Waals surface area (Å²) >= 11 is 3.40. The number of halogens is 1. The van der Waals surface area contributed by atoms with Gasteiger partial charge in [-0.25, -0.2) is 4.79 Å². The van der Waals surface area contributed by atoms with Crippen molar-refractivity contribution in [1.29, 1.82) is 0 Å². The number of esters is 1. The van der Waals surface area contributed by atoms with Gasteiger partial charge < -0.3 is 14.2 Å². The monoisotopic (exact) mass is 376 g/mol. The normalized spacial score (nSPS) is 10.6. The first-order chi connectivity index (χ1) is 11.1. The Morgan fingerprint density at radius 2 is 1.74 bits per heavy atom. The highest BCUT2D eigenvalue weighted by Crippen LogP contribution is 2.40. The largest absolute Gasteiger partial charge is 0.495 e. The summed E-state index contributed by atoms with van der Waals surface area (Å²) < 4.78 is 16.2. The molecule has 2 aromatic carbocycles. The molecule has 0 aromatic heterocycles. The summed E-state index contributed by atoms with van der Waals surface area (Å²) in [7, 11) is 4.39. The van der Waals surface area contributed by atoms with Crippen LogP contribution in [0.5, 0.6) is 11.5 Å². The van der Waals surface area contributed by atoms with Crippen molar-refractivity contribution in [1.82, 2.24) is 0 Å². The van der Waals surface area contributed by atoms with E-state index in [1.165, 1.54) is 14.2 Å². The highest BCUT2D eigenvalue weighted by Gasteiger charge is 2.23. The Bertz CT molecular complexity index is 724. The third-order valence-electron chi connectivity index (χ3n) is 3.29. The van der Waals surface area contributed by atoms with E-state index in [1.54, 1.807) is 13.2 Å². The van der Waals surface area contributed by atoms with Gasteiger partial charge in [0.05, 0.1) is 21.3 Å². The second-order valence-electron chi connectivity index (χ2n) is 4.63. The molecule has 0 amide bonds. The lowest BCUT2D eigenvalue weighted by molar-refractivity contribution is 0.0596. The number of hydrogen-bond acceptors (Lipinski definition) is 4. The molecule has 0 unspecified atom stereocenters. The van der Waals surface area contributed by atoms with E-state index in [2.05, 4.69) is 15.9 Å². The van der Waals surface area contributed by atoms with E-state index in [4.69, 9.17) is 14.2 Å². The summed E-state index contributed by atoms with van der Waals surface area (Å²) in [6, 6.07) is 11.6. The second kappa shape index (κ2) is 7.83. The lowest BCUT2D eigenvalue weighted by atomic mass is 10.0. The summed E-state index contributed by atoms with van der Waals surface area (Å²) in [6.07, 6.45) is 3.74. The van der Waals surface area contributed by atoms with Gasteiger partial charge >= 0.3 is 5.97 Å². The average Bonchev–Trinajstić information content (AvgIpc) is 2.60. The lowest BCUT2D eigenvalue weighted by Gasteiger charge is -2.15. The van der Waals surface area contributed by atoms with Crippen molar-refractivity contribution >= 4 is 34.1 Å². The van der Waals surface area contributed by atoms with Crippen LogP contribution in [0, 0.1) is 0 Å². The zero-order chi connectivity index (χ0) is 16.8. The number of carbonyl (C=O) groups excluding carboxylic acids is 1. The minimum atomic E-state index is -0.474. The minimum absolute atomic E-state index is 0.342. The molecule has 2 rings (SSSR count). The molecule has 0 atom stereocenters. The van der Waals surface area contributed by atoms with Crippen molar-refractivity contribution in [3.8, 4) is 11.5 Å². The Labute approximate surface area is 143 Å². The van der Waals surface area contributed by atoms with Crippen molar-refractivity contribution < 1.29 is 19.0 Å². The Balaban J connectivity index is 2.60. The van der Waals surface area contributed by atoms with E-state index in [1.807, 2.05) is 42.5 Å². The maximum Gasteiger partial charge on any atom is 0.342 e. The predicted octanol–water partition coefficient (Wildman–Crippen LogP) is 4.42. The van der Waals surface area contributed by atoms with Gasteiger partial charge in [0.2, 0.25) is 0 Å². The number of ether oxygens (including phenoxy) is 3. The van der Waals surface area contributed by atoms with Crippen LogP contribution in [-0.2, 0) is 4.74 Å². The third kappa shape index (κ3) is 3.74. The van der Waals surface area contributed by atoms with Crippen LogP contribution in [-0.4, -0.2) is 27.3 Å². The van der Waals surface area contributed by atoms with Crippen molar-refractivity contribution in [3.05, 3.63) is 57.6 Å². The van der Waals surface area contributed by atoms with Crippen LogP contribution < -0.4 is 9.47 Å². The van der Waals surface area contributed by atoms with Crippen LogP contribution in [0.3, 0.4) is 0 Å². The molecule has 0 aliphatic rings. The Hall–Kier alpha value is -2.27. The molecule has 0 spiro atoms. The van der Waals surface area contributed by atoms with E-state index in [-0.39, 0.29) is 0 Å². The van der Waals surface area contributed by atoms with E-state index >= 15 is 0 Å². The summed E-state index contributed by atoms with van der Waals surface area (Å²) in [5.41, 5.74) is 2.01. The van der Waals surface area contributed by atoms with Crippen LogP contribution in [0.15, 0.2) is 40.9 Å². The number of benzene rings is 2. The highest BCUT2D eigenvalue weighted by atomic mass is 79.9. The first-order valence-corrected chi connectivity index (χ1v) is 7.67. The molecule has 0 aliphatic carbocycles. The van der Waals surface area contributed by atoms with Gasteiger partial charge in [-0.15, -0.1) is 0 Å². The summed E-state index contributed by atoms with van der Waals surface area (Å²) in [6.45, 7) is 0. The molecule has 0 aliphatic heterocycles. The van der Waals surface area contributed by atoms with Crippen molar-refractivity contribution in [3.63, 3.8) is 0 Å². The van der Waals surface area contributed by atoms with Gasteiger partial charge in [-0.3, -0.25) is 0 Å². The smallest absolute Gasteiger partial charge is 0.342 e. The lowest BCUT2D eigenvalue weighted by Crippen LogP contribution is -2.08. The Kier molecular flexibility index (Phi) is 5.82. The molecule has 0 saturated carbocycles. The molecule has 4 nitrogen and oxygen atoms in total. The summed E-state index contributed by atoms with van der Waals surface area (Å²) in [5, 5.41) is 0. The molecule has 0 bridgehead atoms. The minimum Gasteiger partial charge on any atom is -0.495 e. The quantitative estimate of drug-likeness (QED) is 0.572. The van der Waals surface area contributed by atoms with Gasteiger partial charge in [0.1, 0.15) is 15.8 Å². The van der Waals surface area contributed by atoms with Gasteiger partial charge in [0.25, 0.3) is 0 Å². The van der Waals surface area contributed by atoms with Crippen molar-refractivity contribution in [2.75, 3.05) is 21.3 Å². The standard InChI is InChI=1S/C18H17BrO4/c1-21-14-11-13(10-9-12-7-5-4-6-8-12)15(18(20)23-3)17(22-2)16(14)19/h4-11H,1-3H3. The van der Waals surface area contributed by atoms with Crippen LogP contribution >= 0.6 is 15.9 Å². The zero-order valence-corrected chi connectivity index (χ0v) is 14.7. The molecule has 2 aromatic rings. The van der Waals surface area contributed by atoms with Crippen LogP contribution in [0.25, 0.3) is 12.2 Å². The van der Waals surface area contributed by atoms with Crippen molar-refractivity contribution in [2.45, 2.75) is 0 Å². The molecule has 0 N–H and O–H groups in total. The van der Waals surface area contributed by atoms with Gasteiger partial charge in [0.15, 0.2) is 5.75 Å². The van der Waals surface area contributed by atoms with E-state index < -0.39 is 5.97 Å². The molecule has 120 valence electrons. The van der Waals surface area contributed by atoms with E-state index in [0.29, 0.717) is 27.1 Å². The van der Waals surface area contributed by atoms with Gasteiger partial charge in [-0.1, -0.05) is 42.5 Å². The van der Waals surface area contributed by atoms with Crippen molar-refractivity contribution in [2.24, 2.45) is 0 Å². The first-order valence-electron chi connectivity index (χ1n) is 6.88. The maximum absolute atomic E-state index is 12.2. The number of rotatable bonds is 5. The number of carbonyl (C=O) groups is 1. The zero-order valence-electron chi connectivity index (χ0n) is 13.1. The molecular formula is C18H17BrO4. The number of methoxy groups -OCH3 is 3. The average molecular weight is 377 g/mol. The fourth-order valence-electron chi connectivity index (χ4n) is 2.16. The van der Waals surface area contributed by atoms with Crippen LogP contribution in [0.4, 0.5) is 0 Å². The van der Waals surface area contributed by atoms with E-state index in [9.17, 15) is 4.79 Å². The van der Waals surface area contributed by atoms with E-state index in [0.717, 1.165) is 5.56 Å². The van der Waals surface area contributed by atoms with Gasteiger partial charge in [-0.05, 0) is 33.1 Å². The summed E-state index contributed by atoms with van der Waals surface area (Å²) in [4.78, 5) is 12.2. The Morgan fingerprint density at radius 1 is 1.04 bits per heavy atom. The SMILES string of the molecule is COC(=O)c1c(C=Cc2ccccc2)cc(OC)c(Br)c1OC. The fourth-order valence-corrected chi connectivity index (χ4v) is 2.80. The molecule has 0 heterocycles. The molecule has 0 fully saturated rings. The molecule has 5 heteroatoms. The van der Waals surface area contributed by atoms with Crippen LogP contribution in [0.1, 0.15) is 21.5 Å². The predicted molar refractivity (Wildman–Crippen MR) is 94.0 cm³/mol. The van der Waals surface area contributed by atoms with Gasteiger partial charge in [-0.2, -0.15) is 0 Å². The highest BCUT2D eigenvalue weighted by molar-refractivity contribution is 9.10. The van der Waals surface area contributed by atoms with Gasteiger partial charge in [0, 0.05) is 0 Å². The molecule has 23 heavy (non-hydrogen) atoms. The topological polar surface area (TPSA) is 44.8 Å². The summed E-state index contributed by atoms with van der Waals surface area (Å²) in [5.74, 6) is 0.476. The Morgan fingerprint density at radius 3 is 2.30 bits per heavy atom. The fraction of sp³-hybridized carbons (Fsp3) is 0.167. The molecule has 0 saturated heterocycles. The second-order valence-corrected chi connectivity index (χ2v) is 5.42. The molecular weight excluding hydrogens is 360 g/mol.